The lowest BCUT2D eigenvalue weighted by molar-refractivity contribution is 0.0964. The molecule has 0 bridgehead atoms. The topological polar surface area (TPSA) is 117 Å². The Morgan fingerprint density at radius 3 is 2.40 bits per heavy atom. The monoisotopic (exact) mass is 613 g/mol. The van der Waals surface area contributed by atoms with E-state index in [4.69, 9.17) is 4.42 Å². The molecule has 1 aromatic heterocycles. The van der Waals surface area contributed by atoms with E-state index in [9.17, 15) is 26.0 Å². The van der Waals surface area contributed by atoms with E-state index >= 15 is 0 Å². The molecule has 0 radical (unpaired) electrons. The highest BCUT2D eigenvalue weighted by atomic mass is 32.2. The zero-order chi connectivity index (χ0) is 30.4. The van der Waals surface area contributed by atoms with Crippen molar-refractivity contribution in [3.63, 3.8) is 0 Å². The maximum absolute atomic E-state index is 13.7. The summed E-state index contributed by atoms with van der Waals surface area (Å²) in [5.74, 6) is -1.04. The number of benzene rings is 3. The smallest absolute Gasteiger partial charge is 0.255 e. The van der Waals surface area contributed by atoms with Gasteiger partial charge >= 0.3 is 0 Å². The standard InChI is InChI=1S/C30H32FN3O6S2/c1-19-8-5-6-10-27(19)42(38,39)34-15-7-9-21(18-34)23-16-24-26(17-25(23)33(3)41(4,36)37)40-29(28(24)30(35)32-2)20-11-13-22(31)14-12-20/h5-6,8,10-14,16-17,21H,7,9,15,18H2,1-4H3,(H,32,35)/t21-/m0/s1. The second kappa shape index (κ2) is 11.2. The van der Waals surface area contributed by atoms with Gasteiger partial charge in [-0.25, -0.2) is 21.2 Å². The second-order valence-electron chi connectivity index (χ2n) is 10.5. The molecule has 1 atom stereocenters. The quantitative estimate of drug-likeness (QED) is 0.318. The molecule has 1 amide bonds. The largest absolute Gasteiger partial charge is 0.455 e. The van der Waals surface area contributed by atoms with Gasteiger partial charge in [0, 0.05) is 44.2 Å². The van der Waals surface area contributed by atoms with Crippen LogP contribution in [0.15, 0.2) is 70.0 Å². The van der Waals surface area contributed by atoms with Crippen molar-refractivity contribution in [1.29, 1.82) is 0 Å². The maximum Gasteiger partial charge on any atom is 0.255 e. The van der Waals surface area contributed by atoms with Crippen molar-refractivity contribution in [3.8, 4) is 11.3 Å². The number of rotatable bonds is 7. The second-order valence-corrected chi connectivity index (χ2v) is 14.4. The van der Waals surface area contributed by atoms with Crippen LogP contribution in [0.3, 0.4) is 0 Å². The molecule has 9 nitrogen and oxygen atoms in total. The maximum atomic E-state index is 13.7. The average molecular weight is 614 g/mol. The Hall–Kier alpha value is -3.74. The number of amides is 1. The van der Waals surface area contributed by atoms with Crippen LogP contribution < -0.4 is 9.62 Å². The first-order valence-corrected chi connectivity index (χ1v) is 16.7. The number of nitrogens with one attached hydrogen (secondary N) is 1. The summed E-state index contributed by atoms with van der Waals surface area (Å²) in [6, 6.07) is 15.6. The number of carbonyl (C=O) groups is 1. The van der Waals surface area contributed by atoms with Crippen molar-refractivity contribution in [3.05, 3.63) is 83.2 Å². The molecule has 0 spiro atoms. The summed E-state index contributed by atoms with van der Waals surface area (Å²) in [6.45, 7) is 2.21. The summed E-state index contributed by atoms with van der Waals surface area (Å²) in [4.78, 5) is 13.4. The van der Waals surface area contributed by atoms with Crippen molar-refractivity contribution in [2.24, 2.45) is 0 Å². The van der Waals surface area contributed by atoms with E-state index in [2.05, 4.69) is 5.32 Å². The fraction of sp³-hybridized carbons (Fsp3) is 0.300. The first-order chi connectivity index (χ1) is 19.8. The third-order valence-electron chi connectivity index (χ3n) is 7.77. The number of piperidine rings is 1. The van der Waals surface area contributed by atoms with Crippen LogP contribution in [0, 0.1) is 12.7 Å². The SMILES string of the molecule is CNC(=O)c1c(-c2ccc(F)cc2)oc2cc(N(C)S(C)(=O)=O)c([C@H]3CCCN(S(=O)(=O)c4ccccc4C)C3)cc12. The van der Waals surface area contributed by atoms with Crippen LogP contribution in [0.1, 0.15) is 40.2 Å². The summed E-state index contributed by atoms with van der Waals surface area (Å²) < 4.78 is 75.1. The van der Waals surface area contributed by atoms with Gasteiger partial charge in [0.05, 0.1) is 22.4 Å². The Balaban J connectivity index is 1.69. The zero-order valence-corrected chi connectivity index (χ0v) is 25.4. The Bertz CT molecular complexity index is 1890. The van der Waals surface area contributed by atoms with Crippen molar-refractivity contribution < 1.29 is 30.4 Å². The molecule has 0 unspecified atom stereocenters. The molecule has 0 aliphatic carbocycles. The van der Waals surface area contributed by atoms with E-state index in [0.717, 1.165) is 10.6 Å². The number of aryl methyl sites for hydroxylation is 1. The van der Waals surface area contributed by atoms with Crippen LogP contribution >= 0.6 is 0 Å². The molecule has 12 heteroatoms. The molecular weight excluding hydrogens is 581 g/mol. The van der Waals surface area contributed by atoms with E-state index < -0.39 is 31.8 Å². The number of hydrogen-bond donors (Lipinski definition) is 1. The van der Waals surface area contributed by atoms with E-state index in [1.807, 2.05) is 0 Å². The molecule has 5 rings (SSSR count). The van der Waals surface area contributed by atoms with Gasteiger partial charge in [-0.15, -0.1) is 0 Å². The number of halogens is 1. The lowest BCUT2D eigenvalue weighted by Gasteiger charge is -2.34. The summed E-state index contributed by atoms with van der Waals surface area (Å²) in [5, 5.41) is 3.06. The minimum Gasteiger partial charge on any atom is -0.455 e. The predicted molar refractivity (Wildman–Crippen MR) is 160 cm³/mol. The molecule has 42 heavy (non-hydrogen) atoms. The normalized spacial score (nSPS) is 16.5. The Labute approximate surface area is 245 Å². The Morgan fingerprint density at radius 2 is 1.76 bits per heavy atom. The summed E-state index contributed by atoms with van der Waals surface area (Å²) >= 11 is 0. The molecule has 1 N–H and O–H groups in total. The number of nitrogens with zero attached hydrogens (tertiary/aromatic N) is 2. The molecule has 3 aromatic carbocycles. The first-order valence-electron chi connectivity index (χ1n) is 13.4. The first kappa shape index (κ1) is 29.7. The molecular formula is C30H32FN3O6S2. The summed E-state index contributed by atoms with van der Waals surface area (Å²) in [7, 11) is -4.62. The van der Waals surface area contributed by atoms with E-state index in [-0.39, 0.29) is 34.3 Å². The number of sulfonamides is 2. The van der Waals surface area contributed by atoms with Crippen LogP contribution in [0.5, 0.6) is 0 Å². The average Bonchev–Trinajstić information content (AvgIpc) is 3.34. The number of anilines is 1. The Kier molecular flexibility index (Phi) is 7.90. The van der Waals surface area contributed by atoms with Crippen molar-refractivity contribution in [1.82, 2.24) is 9.62 Å². The van der Waals surface area contributed by atoms with Gasteiger partial charge in [-0.3, -0.25) is 9.10 Å². The van der Waals surface area contributed by atoms with Gasteiger partial charge in [0.25, 0.3) is 5.91 Å². The lowest BCUT2D eigenvalue weighted by atomic mass is 9.89. The zero-order valence-electron chi connectivity index (χ0n) is 23.7. The van der Waals surface area contributed by atoms with Gasteiger partial charge < -0.3 is 9.73 Å². The molecule has 0 saturated carbocycles. The van der Waals surface area contributed by atoms with Gasteiger partial charge in [0.15, 0.2) is 0 Å². The highest BCUT2D eigenvalue weighted by Gasteiger charge is 2.34. The van der Waals surface area contributed by atoms with Crippen molar-refractivity contribution >= 4 is 42.6 Å². The van der Waals surface area contributed by atoms with Crippen LogP contribution in [-0.2, 0) is 20.0 Å². The third kappa shape index (κ3) is 5.41. The van der Waals surface area contributed by atoms with E-state index in [1.54, 1.807) is 43.3 Å². The minimum absolute atomic E-state index is 0.130. The van der Waals surface area contributed by atoms with E-state index in [0.29, 0.717) is 47.2 Å². The van der Waals surface area contributed by atoms with Gasteiger partial charge in [0.1, 0.15) is 17.2 Å². The van der Waals surface area contributed by atoms with Crippen LogP contribution in [0.25, 0.3) is 22.3 Å². The molecule has 2 heterocycles. The predicted octanol–water partition coefficient (Wildman–Crippen LogP) is 4.87. The van der Waals surface area contributed by atoms with Crippen molar-refractivity contribution in [2.75, 3.05) is 37.7 Å². The molecule has 1 aliphatic rings. The van der Waals surface area contributed by atoms with Crippen LogP contribution in [0.2, 0.25) is 0 Å². The van der Waals surface area contributed by atoms with Gasteiger partial charge in [-0.1, -0.05) is 18.2 Å². The van der Waals surface area contributed by atoms with E-state index in [1.165, 1.54) is 42.7 Å². The molecule has 1 saturated heterocycles. The molecule has 1 fully saturated rings. The van der Waals surface area contributed by atoms with Crippen LogP contribution in [-0.4, -0.2) is 60.5 Å². The summed E-state index contributed by atoms with van der Waals surface area (Å²) in [6.07, 6.45) is 2.25. The number of carbonyl (C=O) groups excluding carboxylic acids is 1. The number of furan rings is 1. The summed E-state index contributed by atoms with van der Waals surface area (Å²) in [5.41, 5.74) is 2.50. The van der Waals surface area contributed by atoms with Gasteiger partial charge in [-0.2, -0.15) is 4.31 Å². The lowest BCUT2D eigenvalue weighted by Crippen LogP contribution is -2.39. The fourth-order valence-corrected chi connectivity index (χ4v) is 7.75. The highest BCUT2D eigenvalue weighted by molar-refractivity contribution is 7.92. The number of fused-ring (bicyclic) bond motifs is 1. The van der Waals surface area contributed by atoms with Gasteiger partial charge in [0.2, 0.25) is 20.0 Å². The van der Waals surface area contributed by atoms with Crippen molar-refractivity contribution in [2.45, 2.75) is 30.6 Å². The molecule has 4 aromatic rings. The molecule has 1 aliphatic heterocycles. The fourth-order valence-electron chi connectivity index (χ4n) is 5.48. The third-order valence-corrected chi connectivity index (χ3v) is 11.0. The highest BCUT2D eigenvalue weighted by Crippen LogP contribution is 2.42. The molecule has 222 valence electrons. The van der Waals surface area contributed by atoms with Crippen LogP contribution in [0.4, 0.5) is 10.1 Å². The number of hydrogen-bond acceptors (Lipinski definition) is 6. The van der Waals surface area contributed by atoms with Gasteiger partial charge in [-0.05, 0) is 73.2 Å². The minimum atomic E-state index is -3.81. The Morgan fingerprint density at radius 1 is 1.07 bits per heavy atom.